The molecule has 0 aromatic rings. The zero-order valence-electron chi connectivity index (χ0n) is 9.04. The third-order valence-corrected chi connectivity index (χ3v) is 4.87. The lowest BCUT2D eigenvalue weighted by atomic mass is 10.1. The van der Waals surface area contributed by atoms with Crippen molar-refractivity contribution in [2.24, 2.45) is 0 Å². The van der Waals surface area contributed by atoms with Gasteiger partial charge in [0.2, 0.25) is 11.8 Å². The minimum Gasteiger partial charge on any atom is -0.480 e. The summed E-state index contributed by atoms with van der Waals surface area (Å²) in [4.78, 5) is 37.9. The Morgan fingerprint density at radius 2 is 2.18 bits per heavy atom. The van der Waals surface area contributed by atoms with Gasteiger partial charge < -0.3 is 14.9 Å². The number of nitrogens with zero attached hydrogens (tertiary/aromatic N) is 2. The molecule has 0 aromatic carbocycles. The first kappa shape index (κ1) is 10.9. The van der Waals surface area contributed by atoms with Crippen molar-refractivity contribution in [2.45, 2.75) is 30.3 Å². The van der Waals surface area contributed by atoms with Gasteiger partial charge >= 0.3 is 5.97 Å². The number of thioether (sulfide) groups is 1. The van der Waals surface area contributed by atoms with Gasteiger partial charge in [0.25, 0.3) is 0 Å². The summed E-state index contributed by atoms with van der Waals surface area (Å²) in [6, 6.07) is -1.14. The molecule has 1 N–H and O–H groups in total. The molecule has 92 valence electrons. The molecular weight excluding hydrogens is 244 g/mol. The molecule has 3 aliphatic rings. The fourth-order valence-electron chi connectivity index (χ4n) is 2.75. The van der Waals surface area contributed by atoms with Gasteiger partial charge in [-0.3, -0.25) is 9.59 Å². The topological polar surface area (TPSA) is 77.9 Å². The van der Waals surface area contributed by atoms with Gasteiger partial charge in [0.05, 0.1) is 11.9 Å². The summed E-state index contributed by atoms with van der Waals surface area (Å²) in [6.07, 6.45) is 0.928. The van der Waals surface area contributed by atoms with Crippen LogP contribution in [0.15, 0.2) is 0 Å². The molecule has 7 heteroatoms. The van der Waals surface area contributed by atoms with Crippen molar-refractivity contribution in [1.29, 1.82) is 0 Å². The summed E-state index contributed by atoms with van der Waals surface area (Å²) in [6.45, 7) is 0.476. The van der Waals surface area contributed by atoms with Crippen molar-refractivity contribution in [2.75, 3.05) is 12.3 Å². The Labute approximate surface area is 102 Å². The number of carboxylic acid groups (broad SMARTS) is 1. The van der Waals surface area contributed by atoms with E-state index in [4.69, 9.17) is 5.11 Å². The van der Waals surface area contributed by atoms with Crippen molar-refractivity contribution >= 4 is 29.5 Å². The van der Waals surface area contributed by atoms with Crippen LogP contribution in [-0.2, 0) is 14.4 Å². The lowest BCUT2D eigenvalue weighted by Crippen LogP contribution is -2.60. The van der Waals surface area contributed by atoms with Gasteiger partial charge in [0, 0.05) is 12.2 Å². The Morgan fingerprint density at radius 1 is 1.41 bits per heavy atom. The number of hydrogen-bond acceptors (Lipinski definition) is 4. The number of piperazine rings is 1. The fraction of sp³-hybridized carbons (Fsp3) is 0.700. The maximum absolute atomic E-state index is 12.2. The lowest BCUT2D eigenvalue weighted by molar-refractivity contribution is -0.156. The minimum absolute atomic E-state index is 0.0161. The van der Waals surface area contributed by atoms with Crippen LogP contribution in [0.1, 0.15) is 12.8 Å². The van der Waals surface area contributed by atoms with E-state index in [0.29, 0.717) is 25.1 Å². The molecule has 0 radical (unpaired) electrons. The molecule has 3 atom stereocenters. The zero-order valence-corrected chi connectivity index (χ0v) is 9.85. The number of carbonyl (C=O) groups is 3. The Morgan fingerprint density at radius 3 is 2.88 bits per heavy atom. The Bertz CT molecular complexity index is 413. The van der Waals surface area contributed by atoms with Crippen LogP contribution >= 0.6 is 11.8 Å². The van der Waals surface area contributed by atoms with E-state index in [-0.39, 0.29) is 17.2 Å². The van der Waals surface area contributed by atoms with Crippen LogP contribution in [0.25, 0.3) is 0 Å². The van der Waals surface area contributed by atoms with E-state index < -0.39 is 18.1 Å². The molecule has 0 aromatic heterocycles. The Hall–Kier alpha value is -1.24. The molecule has 3 aliphatic heterocycles. The monoisotopic (exact) mass is 256 g/mol. The Kier molecular flexibility index (Phi) is 2.32. The summed E-state index contributed by atoms with van der Waals surface area (Å²) in [7, 11) is 0. The zero-order chi connectivity index (χ0) is 12.2. The number of hydrogen-bond donors (Lipinski definition) is 1. The van der Waals surface area contributed by atoms with E-state index >= 15 is 0 Å². The van der Waals surface area contributed by atoms with Gasteiger partial charge in [0.15, 0.2) is 0 Å². The SMILES string of the molecule is O=C(O)[C@@H]1CSC2CN3C(=O)CC[C@H]3C(=O)N21. The smallest absolute Gasteiger partial charge is 0.327 e. The van der Waals surface area contributed by atoms with Gasteiger partial charge in [-0.05, 0) is 6.42 Å². The molecule has 0 saturated carbocycles. The molecule has 2 amide bonds. The normalized spacial score (nSPS) is 36.1. The van der Waals surface area contributed by atoms with E-state index in [1.54, 1.807) is 4.90 Å². The summed E-state index contributed by atoms with van der Waals surface area (Å²) in [5.41, 5.74) is 0. The quantitative estimate of drug-likeness (QED) is 0.674. The first-order valence-electron chi connectivity index (χ1n) is 5.55. The van der Waals surface area contributed by atoms with Crippen LogP contribution < -0.4 is 0 Å². The van der Waals surface area contributed by atoms with Crippen molar-refractivity contribution in [3.05, 3.63) is 0 Å². The molecule has 0 bridgehead atoms. The van der Waals surface area contributed by atoms with E-state index in [1.807, 2.05) is 0 Å². The molecule has 1 unspecified atom stereocenters. The molecule has 3 fully saturated rings. The average Bonchev–Trinajstić information content (AvgIpc) is 2.84. The number of rotatable bonds is 1. The van der Waals surface area contributed by atoms with Crippen LogP contribution in [-0.4, -0.2) is 62.4 Å². The second-order valence-corrected chi connectivity index (χ2v) is 5.70. The van der Waals surface area contributed by atoms with Gasteiger partial charge in [-0.2, -0.15) is 0 Å². The molecule has 0 aliphatic carbocycles. The fourth-order valence-corrected chi connectivity index (χ4v) is 4.13. The van der Waals surface area contributed by atoms with Crippen LogP contribution in [0, 0.1) is 0 Å². The van der Waals surface area contributed by atoms with Crippen LogP contribution in [0.3, 0.4) is 0 Å². The highest BCUT2D eigenvalue weighted by Crippen LogP contribution is 2.37. The van der Waals surface area contributed by atoms with Crippen molar-refractivity contribution < 1.29 is 19.5 Å². The van der Waals surface area contributed by atoms with Gasteiger partial charge in [-0.1, -0.05) is 0 Å². The average molecular weight is 256 g/mol. The van der Waals surface area contributed by atoms with E-state index in [0.717, 1.165) is 0 Å². The third-order valence-electron chi connectivity index (χ3n) is 3.60. The second-order valence-electron chi connectivity index (χ2n) is 4.49. The van der Waals surface area contributed by atoms with Crippen LogP contribution in [0.5, 0.6) is 0 Å². The largest absolute Gasteiger partial charge is 0.480 e. The van der Waals surface area contributed by atoms with Crippen molar-refractivity contribution in [3.63, 3.8) is 0 Å². The molecule has 17 heavy (non-hydrogen) atoms. The van der Waals surface area contributed by atoms with Crippen LogP contribution in [0.4, 0.5) is 0 Å². The van der Waals surface area contributed by atoms with Gasteiger partial charge in [-0.25, -0.2) is 4.79 Å². The third kappa shape index (κ3) is 1.45. The number of carbonyl (C=O) groups excluding carboxylic acids is 2. The van der Waals surface area contributed by atoms with Crippen molar-refractivity contribution in [3.8, 4) is 0 Å². The predicted octanol–water partition coefficient (Wildman–Crippen LogP) is -0.654. The maximum Gasteiger partial charge on any atom is 0.327 e. The van der Waals surface area contributed by atoms with Gasteiger partial charge in [0.1, 0.15) is 12.1 Å². The summed E-state index contributed by atoms with van der Waals surface area (Å²) < 4.78 is 0. The number of carboxylic acids is 1. The highest BCUT2D eigenvalue weighted by Gasteiger charge is 2.52. The molecule has 6 nitrogen and oxygen atoms in total. The molecule has 3 heterocycles. The Balaban J connectivity index is 1.89. The molecule has 3 rings (SSSR count). The number of fused-ring (bicyclic) bond motifs is 2. The first-order valence-corrected chi connectivity index (χ1v) is 6.60. The lowest BCUT2D eigenvalue weighted by Gasteiger charge is -2.40. The molecular formula is C10H12N2O4S. The molecule has 0 spiro atoms. The van der Waals surface area contributed by atoms with E-state index in [9.17, 15) is 14.4 Å². The summed E-state index contributed by atoms with van der Waals surface area (Å²) in [5, 5.41) is 8.90. The maximum atomic E-state index is 12.2. The molecule has 3 saturated heterocycles. The van der Waals surface area contributed by atoms with E-state index in [1.165, 1.54) is 16.7 Å². The van der Waals surface area contributed by atoms with Crippen LogP contribution in [0.2, 0.25) is 0 Å². The minimum atomic E-state index is -0.953. The summed E-state index contributed by atoms with van der Waals surface area (Å²) >= 11 is 1.45. The first-order chi connectivity index (χ1) is 8.09. The summed E-state index contributed by atoms with van der Waals surface area (Å²) in [5.74, 6) is -0.710. The van der Waals surface area contributed by atoms with Gasteiger partial charge in [-0.15, -0.1) is 11.8 Å². The van der Waals surface area contributed by atoms with Crippen molar-refractivity contribution in [1.82, 2.24) is 9.80 Å². The number of amides is 2. The highest BCUT2D eigenvalue weighted by molar-refractivity contribution is 8.00. The standard InChI is InChI=1S/C10H12N2O4S/c13-7-2-1-5-9(14)12-6(10(15)16)4-17-8(12)3-11(5)7/h5-6,8H,1-4H2,(H,15,16)/t5-,6-,8?/m0/s1. The second kappa shape index (κ2) is 3.63. The predicted molar refractivity (Wildman–Crippen MR) is 59.3 cm³/mol. The number of aliphatic carboxylic acids is 1. The highest BCUT2D eigenvalue weighted by atomic mass is 32.2. The van der Waals surface area contributed by atoms with E-state index in [2.05, 4.69) is 0 Å².